The van der Waals surface area contributed by atoms with Gasteiger partial charge in [-0.1, -0.05) is 18.2 Å². The Hall–Kier alpha value is -1.66. The van der Waals surface area contributed by atoms with Crippen molar-refractivity contribution in [2.75, 3.05) is 6.54 Å². The number of hydrogen-bond donors (Lipinski definition) is 2. The lowest BCUT2D eigenvalue weighted by molar-refractivity contribution is 0.0292. The number of hydrogen-bond acceptors (Lipinski definition) is 3. The van der Waals surface area contributed by atoms with Crippen LogP contribution in [-0.4, -0.2) is 38.8 Å². The summed E-state index contributed by atoms with van der Waals surface area (Å²) in [7, 11) is 0. The second-order valence-electron chi connectivity index (χ2n) is 5.54. The number of para-hydroxylation sites is 1. The number of carbonyl (C=O) groups is 1. The largest absolute Gasteiger partial charge is 0.465 e. The number of rotatable bonds is 2. The predicted octanol–water partition coefficient (Wildman–Crippen LogP) is 3.56. The molecule has 22 heavy (non-hydrogen) atoms. The minimum atomic E-state index is -0.971. The van der Waals surface area contributed by atoms with Crippen LogP contribution in [0.4, 0.5) is 4.79 Å². The van der Waals surface area contributed by atoms with Crippen molar-refractivity contribution in [2.45, 2.75) is 31.4 Å². The van der Waals surface area contributed by atoms with Gasteiger partial charge in [0.2, 0.25) is 0 Å². The van der Waals surface area contributed by atoms with Crippen molar-refractivity contribution < 1.29 is 15.0 Å². The minimum Gasteiger partial charge on any atom is -0.465 e. The van der Waals surface area contributed by atoms with Crippen molar-refractivity contribution in [1.82, 2.24) is 9.88 Å². The second-order valence-corrected chi connectivity index (χ2v) is 6.35. The highest BCUT2D eigenvalue weighted by atomic mass is 79.9. The van der Waals surface area contributed by atoms with Gasteiger partial charge >= 0.3 is 6.09 Å². The van der Waals surface area contributed by atoms with E-state index in [1.807, 2.05) is 24.3 Å². The van der Waals surface area contributed by atoms with Gasteiger partial charge in [0.25, 0.3) is 0 Å². The van der Waals surface area contributed by atoms with E-state index < -0.39 is 18.2 Å². The van der Waals surface area contributed by atoms with E-state index in [1.54, 1.807) is 6.07 Å². The third kappa shape index (κ3) is 2.80. The summed E-state index contributed by atoms with van der Waals surface area (Å²) in [6.07, 6.45) is 0.607. The number of benzene rings is 1. The van der Waals surface area contributed by atoms with Gasteiger partial charge in [-0.05, 0) is 52.9 Å². The topological polar surface area (TPSA) is 73.7 Å². The molecule has 1 aromatic heterocycles. The zero-order valence-electron chi connectivity index (χ0n) is 11.9. The lowest BCUT2D eigenvalue weighted by Crippen LogP contribution is -2.46. The average Bonchev–Trinajstić information content (AvgIpc) is 2.53. The number of fused-ring (bicyclic) bond motifs is 1. The first-order valence-corrected chi connectivity index (χ1v) is 8.10. The molecule has 0 aliphatic carbocycles. The lowest BCUT2D eigenvalue weighted by Gasteiger charge is -2.36. The molecule has 2 heterocycles. The Morgan fingerprint density at radius 3 is 2.91 bits per heavy atom. The number of likely N-dealkylation sites (tertiary alicyclic amines) is 1. The number of aliphatic hydroxyl groups is 1. The normalized spacial score (nSPS) is 20.1. The molecule has 0 radical (unpaired) electrons. The second kappa shape index (κ2) is 6.22. The smallest absolute Gasteiger partial charge is 0.407 e. The summed E-state index contributed by atoms with van der Waals surface area (Å²) < 4.78 is 0.637. The number of aromatic nitrogens is 1. The van der Waals surface area contributed by atoms with E-state index in [9.17, 15) is 15.0 Å². The van der Waals surface area contributed by atoms with E-state index in [1.165, 1.54) is 4.90 Å². The fraction of sp³-hybridized carbons (Fsp3) is 0.375. The predicted molar refractivity (Wildman–Crippen MR) is 86.8 cm³/mol. The van der Waals surface area contributed by atoms with E-state index in [0.717, 1.165) is 29.3 Å². The number of amides is 1. The maximum absolute atomic E-state index is 11.4. The van der Waals surface area contributed by atoms with Gasteiger partial charge in [-0.25, -0.2) is 9.78 Å². The first kappa shape index (κ1) is 15.2. The van der Waals surface area contributed by atoms with Gasteiger partial charge in [-0.3, -0.25) is 0 Å². The van der Waals surface area contributed by atoms with Crippen LogP contribution in [0.15, 0.2) is 34.9 Å². The van der Waals surface area contributed by atoms with Gasteiger partial charge < -0.3 is 15.1 Å². The third-order valence-electron chi connectivity index (χ3n) is 4.19. The van der Waals surface area contributed by atoms with Crippen molar-refractivity contribution in [3.05, 3.63) is 40.5 Å². The maximum Gasteiger partial charge on any atom is 0.407 e. The fourth-order valence-electron chi connectivity index (χ4n) is 3.14. The highest BCUT2D eigenvalue weighted by Crippen LogP contribution is 2.33. The minimum absolute atomic E-state index is 0.413. The summed E-state index contributed by atoms with van der Waals surface area (Å²) in [4.78, 5) is 17.2. The van der Waals surface area contributed by atoms with Gasteiger partial charge in [-0.2, -0.15) is 0 Å². The van der Waals surface area contributed by atoms with Gasteiger partial charge in [-0.15, -0.1) is 0 Å². The highest BCUT2D eigenvalue weighted by Gasteiger charge is 2.33. The van der Waals surface area contributed by atoms with Crippen LogP contribution in [0, 0.1) is 0 Å². The molecule has 1 aliphatic rings. The molecule has 2 N–H and O–H groups in total. The molecule has 3 rings (SSSR count). The van der Waals surface area contributed by atoms with E-state index in [2.05, 4.69) is 20.9 Å². The van der Waals surface area contributed by atoms with E-state index in [-0.39, 0.29) is 0 Å². The summed E-state index contributed by atoms with van der Waals surface area (Å²) in [6.45, 7) is 0.473. The number of pyridine rings is 1. The van der Waals surface area contributed by atoms with E-state index in [0.29, 0.717) is 17.6 Å². The molecule has 1 aromatic carbocycles. The Morgan fingerprint density at radius 1 is 1.36 bits per heavy atom. The quantitative estimate of drug-likeness (QED) is 0.798. The molecule has 0 spiro atoms. The number of piperidine rings is 1. The van der Waals surface area contributed by atoms with Crippen LogP contribution in [0.1, 0.15) is 30.9 Å². The first-order valence-electron chi connectivity index (χ1n) is 7.31. The van der Waals surface area contributed by atoms with Gasteiger partial charge in [0.1, 0.15) is 10.7 Å². The number of carboxylic acid groups (broad SMARTS) is 1. The molecule has 1 amide bonds. The van der Waals surface area contributed by atoms with Gasteiger partial charge in [0.15, 0.2) is 0 Å². The lowest BCUT2D eigenvalue weighted by atomic mass is 9.91. The zero-order chi connectivity index (χ0) is 15.7. The highest BCUT2D eigenvalue weighted by molar-refractivity contribution is 9.10. The van der Waals surface area contributed by atoms with Crippen molar-refractivity contribution >= 4 is 32.9 Å². The molecular formula is C16H17BrN2O3. The van der Waals surface area contributed by atoms with Crippen LogP contribution < -0.4 is 0 Å². The Bertz CT molecular complexity index is 707. The van der Waals surface area contributed by atoms with Crippen LogP contribution >= 0.6 is 15.9 Å². The van der Waals surface area contributed by atoms with Crippen LogP contribution in [0.5, 0.6) is 0 Å². The van der Waals surface area contributed by atoms with Crippen LogP contribution in [0.2, 0.25) is 0 Å². The molecule has 5 nitrogen and oxygen atoms in total. The first-order chi connectivity index (χ1) is 10.6. The van der Waals surface area contributed by atoms with Gasteiger partial charge in [0.05, 0.1) is 11.6 Å². The summed E-state index contributed by atoms with van der Waals surface area (Å²) >= 11 is 3.37. The molecule has 2 aromatic rings. The van der Waals surface area contributed by atoms with E-state index >= 15 is 0 Å². The number of halogens is 1. The summed E-state index contributed by atoms with van der Waals surface area (Å²) in [5.41, 5.74) is 1.50. The molecule has 0 saturated carbocycles. The number of aliphatic hydroxyl groups excluding tert-OH is 1. The van der Waals surface area contributed by atoms with Crippen molar-refractivity contribution in [1.29, 1.82) is 0 Å². The summed E-state index contributed by atoms with van der Waals surface area (Å²) in [6, 6.07) is 8.94. The molecule has 1 aliphatic heterocycles. The fourth-order valence-corrected chi connectivity index (χ4v) is 3.58. The molecule has 6 heteroatoms. The standard InChI is InChI=1S/C16H17BrN2O3/c17-14-9-11(10-5-1-2-6-12(10)18-14)15(20)13-7-3-4-8-19(13)16(21)22/h1-2,5-6,9,13,15,20H,3-4,7-8H2,(H,21,22)/t13-,15+/m0/s1. The Labute approximate surface area is 136 Å². The Kier molecular flexibility index (Phi) is 4.31. The molecule has 0 bridgehead atoms. The van der Waals surface area contributed by atoms with Crippen molar-refractivity contribution in [2.24, 2.45) is 0 Å². The molecule has 1 saturated heterocycles. The molecule has 0 unspecified atom stereocenters. The molecule has 116 valence electrons. The van der Waals surface area contributed by atoms with Crippen LogP contribution in [-0.2, 0) is 0 Å². The van der Waals surface area contributed by atoms with Crippen LogP contribution in [0.25, 0.3) is 10.9 Å². The van der Waals surface area contributed by atoms with Crippen molar-refractivity contribution in [3.8, 4) is 0 Å². The summed E-state index contributed by atoms with van der Waals surface area (Å²) in [5.74, 6) is 0. The van der Waals surface area contributed by atoms with Crippen LogP contribution in [0.3, 0.4) is 0 Å². The molecular weight excluding hydrogens is 348 g/mol. The van der Waals surface area contributed by atoms with Crippen molar-refractivity contribution in [3.63, 3.8) is 0 Å². The summed E-state index contributed by atoms with van der Waals surface area (Å²) in [5, 5.41) is 21.1. The number of nitrogens with zero attached hydrogens (tertiary/aromatic N) is 2. The maximum atomic E-state index is 11.4. The Morgan fingerprint density at radius 2 is 2.14 bits per heavy atom. The third-order valence-corrected chi connectivity index (χ3v) is 4.60. The van der Waals surface area contributed by atoms with E-state index in [4.69, 9.17) is 0 Å². The average molecular weight is 365 g/mol. The van der Waals surface area contributed by atoms with Gasteiger partial charge in [0, 0.05) is 11.9 Å². The zero-order valence-corrected chi connectivity index (χ0v) is 13.5. The monoisotopic (exact) mass is 364 g/mol. The SMILES string of the molecule is O=C(O)N1CCCC[C@H]1[C@H](O)c1cc(Br)nc2ccccc12. The molecule has 1 fully saturated rings. The molecule has 2 atom stereocenters. The Balaban J connectivity index is 2.04.